The van der Waals surface area contributed by atoms with E-state index in [1.165, 1.54) is 7.11 Å². The zero-order valence-corrected chi connectivity index (χ0v) is 9.69. The maximum atomic E-state index is 10.8. The molecule has 0 aliphatic rings. The Balaban J connectivity index is 2.51. The molecular weight excluding hydrogens is 218 g/mol. The molecular formula is C13H15NO3. The standard InChI is InChI=1S/C13H15NO3/c1-17-13(16)14-10-12-7-5-11(6-8-12)4-2-3-9-15/h5-8,15H,3,9-10H2,1H3,(H,14,16). The highest BCUT2D eigenvalue weighted by Crippen LogP contribution is 2.03. The molecule has 0 aromatic heterocycles. The summed E-state index contributed by atoms with van der Waals surface area (Å²) in [6, 6.07) is 7.52. The summed E-state index contributed by atoms with van der Waals surface area (Å²) < 4.78 is 4.47. The maximum absolute atomic E-state index is 10.8. The predicted octanol–water partition coefficient (Wildman–Crippen LogP) is 1.28. The number of aliphatic hydroxyl groups is 1. The minimum absolute atomic E-state index is 0.0775. The van der Waals surface area contributed by atoms with Crippen molar-refractivity contribution in [2.75, 3.05) is 13.7 Å². The van der Waals surface area contributed by atoms with Gasteiger partial charge in [-0.2, -0.15) is 0 Å². The van der Waals surface area contributed by atoms with Crippen molar-refractivity contribution in [3.05, 3.63) is 35.4 Å². The number of carbonyl (C=O) groups excluding carboxylic acids is 1. The van der Waals surface area contributed by atoms with Gasteiger partial charge in [-0.05, 0) is 17.7 Å². The van der Waals surface area contributed by atoms with E-state index < -0.39 is 6.09 Å². The van der Waals surface area contributed by atoms with E-state index in [0.29, 0.717) is 13.0 Å². The van der Waals surface area contributed by atoms with E-state index in [2.05, 4.69) is 21.9 Å². The van der Waals surface area contributed by atoms with Gasteiger partial charge in [-0.1, -0.05) is 24.0 Å². The lowest BCUT2D eigenvalue weighted by Gasteiger charge is -2.03. The van der Waals surface area contributed by atoms with Gasteiger partial charge < -0.3 is 15.2 Å². The van der Waals surface area contributed by atoms with Gasteiger partial charge >= 0.3 is 6.09 Å². The number of ether oxygens (including phenoxy) is 1. The Labute approximate surface area is 101 Å². The van der Waals surface area contributed by atoms with Crippen LogP contribution < -0.4 is 5.32 Å². The summed E-state index contributed by atoms with van der Waals surface area (Å²) in [5.41, 5.74) is 1.86. The monoisotopic (exact) mass is 233 g/mol. The summed E-state index contributed by atoms with van der Waals surface area (Å²) in [4.78, 5) is 10.8. The van der Waals surface area contributed by atoms with Crippen molar-refractivity contribution < 1.29 is 14.6 Å². The average Bonchev–Trinajstić information content (AvgIpc) is 2.37. The Morgan fingerprint density at radius 3 is 2.71 bits per heavy atom. The van der Waals surface area contributed by atoms with Crippen LogP contribution in [0.4, 0.5) is 4.79 Å². The summed E-state index contributed by atoms with van der Waals surface area (Å²) in [6.45, 7) is 0.505. The van der Waals surface area contributed by atoms with Gasteiger partial charge in [-0.3, -0.25) is 0 Å². The summed E-state index contributed by atoms with van der Waals surface area (Å²) in [6.07, 6.45) is 0.0304. The molecule has 0 spiro atoms. The second-order valence-electron chi connectivity index (χ2n) is 3.32. The molecule has 0 atom stereocenters. The molecule has 1 aromatic carbocycles. The van der Waals surface area contributed by atoms with Gasteiger partial charge in [0.05, 0.1) is 13.7 Å². The number of aliphatic hydroxyl groups excluding tert-OH is 1. The number of methoxy groups -OCH3 is 1. The molecule has 90 valence electrons. The molecule has 1 aromatic rings. The minimum atomic E-state index is -0.447. The second kappa shape index (κ2) is 7.31. The normalized spacial score (nSPS) is 9.06. The second-order valence-corrected chi connectivity index (χ2v) is 3.32. The Morgan fingerprint density at radius 1 is 1.41 bits per heavy atom. The number of alkyl carbamates (subject to hydrolysis) is 1. The third-order valence-electron chi connectivity index (χ3n) is 2.05. The molecule has 4 nitrogen and oxygen atoms in total. The van der Waals surface area contributed by atoms with Crippen LogP contribution in [-0.4, -0.2) is 24.9 Å². The van der Waals surface area contributed by atoms with Crippen LogP contribution in [-0.2, 0) is 11.3 Å². The van der Waals surface area contributed by atoms with Crippen molar-refractivity contribution >= 4 is 6.09 Å². The molecule has 1 rings (SSSR count). The van der Waals surface area contributed by atoms with Gasteiger partial charge in [-0.15, -0.1) is 0 Å². The van der Waals surface area contributed by atoms with Crippen LogP contribution in [0.2, 0.25) is 0 Å². The van der Waals surface area contributed by atoms with Crippen LogP contribution in [0.1, 0.15) is 17.5 Å². The van der Waals surface area contributed by atoms with Crippen molar-refractivity contribution in [3.8, 4) is 11.8 Å². The molecule has 0 heterocycles. The lowest BCUT2D eigenvalue weighted by molar-refractivity contribution is 0.170. The number of hydrogen-bond donors (Lipinski definition) is 2. The van der Waals surface area contributed by atoms with Crippen molar-refractivity contribution in [1.29, 1.82) is 0 Å². The Hall–Kier alpha value is -1.99. The lowest BCUT2D eigenvalue weighted by Crippen LogP contribution is -2.22. The zero-order valence-electron chi connectivity index (χ0n) is 9.69. The zero-order chi connectivity index (χ0) is 12.5. The number of carbonyl (C=O) groups is 1. The number of nitrogens with one attached hydrogen (secondary N) is 1. The van der Waals surface area contributed by atoms with E-state index in [-0.39, 0.29) is 6.61 Å². The Kier molecular flexibility index (Phi) is 5.62. The van der Waals surface area contributed by atoms with Crippen LogP contribution in [0.5, 0.6) is 0 Å². The van der Waals surface area contributed by atoms with Gasteiger partial charge in [0.25, 0.3) is 0 Å². The van der Waals surface area contributed by atoms with Crippen molar-refractivity contribution in [2.45, 2.75) is 13.0 Å². The Bertz CT molecular complexity index is 415. The van der Waals surface area contributed by atoms with Crippen LogP contribution in [0.25, 0.3) is 0 Å². The van der Waals surface area contributed by atoms with Crippen LogP contribution in [0.15, 0.2) is 24.3 Å². The number of benzene rings is 1. The van der Waals surface area contributed by atoms with Gasteiger partial charge in [0.2, 0.25) is 0 Å². The molecule has 17 heavy (non-hydrogen) atoms. The van der Waals surface area contributed by atoms with Gasteiger partial charge in [0.1, 0.15) is 0 Å². The first kappa shape index (κ1) is 13.1. The van der Waals surface area contributed by atoms with Crippen LogP contribution in [0.3, 0.4) is 0 Å². The highest BCUT2D eigenvalue weighted by molar-refractivity contribution is 5.66. The quantitative estimate of drug-likeness (QED) is 0.773. The van der Waals surface area contributed by atoms with Crippen LogP contribution in [0, 0.1) is 11.8 Å². The van der Waals surface area contributed by atoms with E-state index in [1.54, 1.807) is 0 Å². The molecule has 4 heteroatoms. The van der Waals surface area contributed by atoms with Crippen molar-refractivity contribution in [1.82, 2.24) is 5.32 Å². The number of rotatable bonds is 3. The van der Waals surface area contributed by atoms with E-state index in [1.807, 2.05) is 24.3 Å². The molecule has 0 saturated heterocycles. The third kappa shape index (κ3) is 5.05. The minimum Gasteiger partial charge on any atom is -0.453 e. The maximum Gasteiger partial charge on any atom is 0.407 e. The number of amides is 1. The van der Waals surface area contributed by atoms with Crippen LogP contribution >= 0.6 is 0 Å². The first-order chi connectivity index (χ1) is 8.26. The summed E-state index contributed by atoms with van der Waals surface area (Å²) in [5, 5.41) is 11.2. The van der Waals surface area contributed by atoms with Gasteiger partial charge in [-0.25, -0.2) is 4.79 Å². The molecule has 0 saturated carbocycles. The summed E-state index contributed by atoms with van der Waals surface area (Å²) >= 11 is 0. The van der Waals surface area contributed by atoms with Crippen molar-refractivity contribution in [2.24, 2.45) is 0 Å². The first-order valence-corrected chi connectivity index (χ1v) is 5.26. The van der Waals surface area contributed by atoms with Gasteiger partial charge in [0.15, 0.2) is 0 Å². The van der Waals surface area contributed by atoms with E-state index in [9.17, 15) is 4.79 Å². The fraction of sp³-hybridized carbons (Fsp3) is 0.308. The first-order valence-electron chi connectivity index (χ1n) is 5.26. The molecule has 2 N–H and O–H groups in total. The number of hydrogen-bond acceptors (Lipinski definition) is 3. The SMILES string of the molecule is COC(=O)NCc1ccc(C#CCCO)cc1. The highest BCUT2D eigenvalue weighted by atomic mass is 16.5. The molecule has 0 radical (unpaired) electrons. The van der Waals surface area contributed by atoms with E-state index in [0.717, 1.165) is 11.1 Å². The molecule has 1 amide bonds. The fourth-order valence-corrected chi connectivity index (χ4v) is 1.17. The smallest absolute Gasteiger partial charge is 0.407 e. The molecule has 0 aliphatic carbocycles. The molecule has 0 aliphatic heterocycles. The lowest BCUT2D eigenvalue weighted by atomic mass is 10.1. The summed E-state index contributed by atoms with van der Waals surface area (Å²) in [7, 11) is 1.33. The van der Waals surface area contributed by atoms with E-state index >= 15 is 0 Å². The largest absolute Gasteiger partial charge is 0.453 e. The predicted molar refractivity (Wildman–Crippen MR) is 64.3 cm³/mol. The fourth-order valence-electron chi connectivity index (χ4n) is 1.17. The molecule has 0 bridgehead atoms. The molecule has 0 fully saturated rings. The van der Waals surface area contributed by atoms with E-state index in [4.69, 9.17) is 5.11 Å². The average molecular weight is 233 g/mol. The topological polar surface area (TPSA) is 58.6 Å². The highest BCUT2D eigenvalue weighted by Gasteiger charge is 1.98. The third-order valence-corrected chi connectivity index (χ3v) is 2.05. The Morgan fingerprint density at radius 2 is 2.12 bits per heavy atom. The van der Waals surface area contributed by atoms with Gasteiger partial charge in [0, 0.05) is 18.5 Å². The van der Waals surface area contributed by atoms with Crippen molar-refractivity contribution in [3.63, 3.8) is 0 Å². The molecule has 0 unspecified atom stereocenters. The summed E-state index contributed by atoms with van der Waals surface area (Å²) in [5.74, 6) is 5.77.